The molecule has 2 radical (unpaired) electrons. The molecule has 1 aromatic heterocycles. The molecule has 0 aliphatic carbocycles. The van der Waals surface area contributed by atoms with Gasteiger partial charge in [-0.1, -0.05) is 24.3 Å². The van der Waals surface area contributed by atoms with Crippen molar-refractivity contribution in [3.63, 3.8) is 0 Å². The molecule has 36 heavy (non-hydrogen) atoms. The Labute approximate surface area is 209 Å². The van der Waals surface area contributed by atoms with E-state index < -0.39 is 22.8 Å². The fourth-order valence-corrected chi connectivity index (χ4v) is 3.35. The lowest BCUT2D eigenvalue weighted by molar-refractivity contribution is 0.0819. The molecule has 0 fully saturated rings. The third-order valence-corrected chi connectivity index (χ3v) is 5.40. The third kappa shape index (κ3) is 7.42. The Morgan fingerprint density at radius 2 is 1.75 bits per heavy atom. The van der Waals surface area contributed by atoms with Crippen molar-refractivity contribution in [1.29, 1.82) is 0 Å². The van der Waals surface area contributed by atoms with Crippen molar-refractivity contribution >= 4 is 19.3 Å². The van der Waals surface area contributed by atoms with Gasteiger partial charge in [-0.05, 0) is 50.1 Å². The number of amides is 2. The van der Waals surface area contributed by atoms with Crippen LogP contribution in [0.2, 0.25) is 0 Å². The highest BCUT2D eigenvalue weighted by Gasteiger charge is 2.14. The van der Waals surface area contributed by atoms with E-state index >= 15 is 0 Å². The number of nitrogens with one attached hydrogen (secondary N) is 2. The number of hydrogen-bond donors (Lipinski definition) is 3. The Hall–Kier alpha value is -3.66. The molecule has 188 valence electrons. The van der Waals surface area contributed by atoms with Crippen LogP contribution in [0, 0.1) is 18.6 Å². The molecule has 2 aromatic carbocycles. The summed E-state index contributed by atoms with van der Waals surface area (Å²) in [6.45, 7) is 5.42. The van der Waals surface area contributed by atoms with Gasteiger partial charge in [0.1, 0.15) is 31.8 Å². The van der Waals surface area contributed by atoms with Crippen molar-refractivity contribution in [2.24, 2.45) is 0 Å². The quantitative estimate of drug-likeness (QED) is 0.398. The Morgan fingerprint density at radius 1 is 1.08 bits per heavy atom. The van der Waals surface area contributed by atoms with Crippen LogP contribution in [0.5, 0.6) is 5.75 Å². The third-order valence-electron chi connectivity index (χ3n) is 5.40. The summed E-state index contributed by atoms with van der Waals surface area (Å²) < 4.78 is 34.0. The molecule has 10 heteroatoms. The topological polar surface area (TPSA) is 92.6 Å². The first-order valence-electron chi connectivity index (χ1n) is 11.3. The monoisotopic (exact) mass is 495 g/mol. The Bertz CT molecular complexity index is 1290. The number of carbonyl (C=O) groups excluding carboxylic acids is 1. The van der Waals surface area contributed by atoms with Gasteiger partial charge in [0.05, 0.1) is 12.1 Å². The van der Waals surface area contributed by atoms with Crippen LogP contribution in [0.15, 0.2) is 53.3 Å². The molecular weight excluding hydrogens is 467 g/mol. The van der Waals surface area contributed by atoms with E-state index in [0.29, 0.717) is 12.2 Å². The molecule has 0 aliphatic rings. The Kier molecular flexibility index (Phi) is 8.52. The second-order valence-corrected chi connectivity index (χ2v) is 9.14. The first kappa shape index (κ1) is 26.9. The van der Waals surface area contributed by atoms with Gasteiger partial charge in [0.15, 0.2) is 0 Å². The zero-order valence-corrected chi connectivity index (χ0v) is 20.4. The van der Waals surface area contributed by atoms with Crippen LogP contribution in [0.25, 0.3) is 0 Å². The van der Waals surface area contributed by atoms with Gasteiger partial charge in [-0.15, -0.1) is 0 Å². The van der Waals surface area contributed by atoms with Crippen LogP contribution in [0.1, 0.15) is 36.2 Å². The largest absolute Gasteiger partial charge is 0.489 e. The van der Waals surface area contributed by atoms with Crippen molar-refractivity contribution in [3.05, 3.63) is 92.9 Å². The number of hydrogen-bond acceptors (Lipinski definition) is 4. The first-order chi connectivity index (χ1) is 16.9. The molecule has 0 bridgehead atoms. The maximum absolute atomic E-state index is 13.9. The first-order valence-corrected chi connectivity index (χ1v) is 11.3. The number of aryl methyl sites for hydroxylation is 1. The van der Waals surface area contributed by atoms with E-state index in [1.807, 2.05) is 24.3 Å². The molecule has 3 rings (SSSR count). The van der Waals surface area contributed by atoms with Gasteiger partial charge in [0.25, 0.3) is 0 Å². The van der Waals surface area contributed by atoms with Gasteiger partial charge < -0.3 is 25.0 Å². The van der Waals surface area contributed by atoms with Crippen molar-refractivity contribution in [1.82, 2.24) is 15.2 Å². The summed E-state index contributed by atoms with van der Waals surface area (Å²) in [6, 6.07) is 11.7. The lowest BCUT2D eigenvalue weighted by Gasteiger charge is -2.18. The van der Waals surface area contributed by atoms with Crippen LogP contribution in [-0.4, -0.2) is 35.7 Å². The molecule has 0 unspecified atom stereocenters. The molecule has 7 nitrogen and oxygen atoms in total. The standard InChI is InChI=1S/C26H28BF2N3O4/c1-16-10-22(36-14-19-8-9-20(28)11-21(19)29)23(27)24(33)32(16)13-18-6-4-17(5-7-18)12-30-25(34)31-15-26(2,3)35/h4-11,35H,12-15H2,1-3H3,(H2,30,31,34). The minimum absolute atomic E-state index is 0.110. The summed E-state index contributed by atoms with van der Waals surface area (Å²) in [6.07, 6.45) is 0. The molecule has 3 N–H and O–H groups in total. The maximum atomic E-state index is 13.9. The van der Waals surface area contributed by atoms with Gasteiger partial charge in [-0.25, -0.2) is 13.6 Å². The van der Waals surface area contributed by atoms with Gasteiger partial charge in [-0.3, -0.25) is 4.79 Å². The predicted molar refractivity (Wildman–Crippen MR) is 134 cm³/mol. The average Bonchev–Trinajstić information content (AvgIpc) is 2.81. The minimum atomic E-state index is -0.997. The lowest BCUT2D eigenvalue weighted by Crippen LogP contribution is -2.43. The summed E-state index contributed by atoms with van der Waals surface area (Å²) >= 11 is 0. The summed E-state index contributed by atoms with van der Waals surface area (Å²) in [5.41, 5.74) is 0.887. The Balaban J connectivity index is 1.63. The van der Waals surface area contributed by atoms with Crippen molar-refractivity contribution in [2.75, 3.05) is 6.54 Å². The Morgan fingerprint density at radius 3 is 2.39 bits per heavy atom. The van der Waals surface area contributed by atoms with Crippen LogP contribution in [0.3, 0.4) is 0 Å². The van der Waals surface area contributed by atoms with E-state index in [0.717, 1.165) is 23.3 Å². The zero-order valence-electron chi connectivity index (χ0n) is 20.4. The van der Waals surface area contributed by atoms with E-state index in [9.17, 15) is 23.5 Å². The van der Waals surface area contributed by atoms with Crippen LogP contribution < -0.4 is 26.4 Å². The molecule has 0 aliphatic heterocycles. The van der Waals surface area contributed by atoms with E-state index in [1.54, 1.807) is 26.8 Å². The van der Waals surface area contributed by atoms with Gasteiger partial charge in [0.2, 0.25) is 5.56 Å². The molecule has 0 atom stereocenters. The average molecular weight is 495 g/mol. The smallest absolute Gasteiger partial charge is 0.315 e. The number of carbonyl (C=O) groups is 1. The number of benzene rings is 2. The molecule has 2 amide bonds. The number of urea groups is 1. The number of halogens is 2. The van der Waals surface area contributed by atoms with E-state index in [4.69, 9.17) is 12.6 Å². The normalized spacial score (nSPS) is 11.3. The molecule has 1 heterocycles. The molecule has 0 spiro atoms. The van der Waals surface area contributed by atoms with Gasteiger partial charge in [0, 0.05) is 35.9 Å². The van der Waals surface area contributed by atoms with Crippen LogP contribution in [0.4, 0.5) is 13.6 Å². The summed E-state index contributed by atoms with van der Waals surface area (Å²) in [5.74, 6) is -1.31. The molecule has 0 saturated carbocycles. The number of pyridine rings is 1. The molecule has 0 saturated heterocycles. The number of aromatic nitrogens is 1. The zero-order chi connectivity index (χ0) is 26.5. The van der Waals surface area contributed by atoms with E-state index in [1.165, 1.54) is 10.6 Å². The molecular formula is C26H28BF2N3O4. The number of aliphatic hydroxyl groups is 1. The highest BCUT2D eigenvalue weighted by Crippen LogP contribution is 2.15. The summed E-state index contributed by atoms with van der Waals surface area (Å²) in [4.78, 5) is 24.7. The number of rotatable bonds is 9. The second kappa shape index (κ2) is 11.4. The van der Waals surface area contributed by atoms with E-state index in [2.05, 4.69) is 10.6 Å². The predicted octanol–water partition coefficient (Wildman–Crippen LogP) is 2.43. The van der Waals surface area contributed by atoms with Crippen LogP contribution >= 0.6 is 0 Å². The second-order valence-electron chi connectivity index (χ2n) is 9.14. The minimum Gasteiger partial charge on any atom is -0.489 e. The lowest BCUT2D eigenvalue weighted by atomic mass is 9.96. The SMILES string of the molecule is [B]c1c(OCc2ccc(F)cc2F)cc(C)n(Cc2ccc(CNC(=O)NCC(C)(C)O)cc2)c1=O. The van der Waals surface area contributed by atoms with Crippen molar-refractivity contribution in [3.8, 4) is 5.75 Å². The number of ether oxygens (including phenoxy) is 1. The van der Waals surface area contributed by atoms with E-state index in [-0.39, 0.29) is 42.5 Å². The number of nitrogens with zero attached hydrogens (tertiary/aromatic N) is 1. The highest BCUT2D eigenvalue weighted by molar-refractivity contribution is 6.33. The van der Waals surface area contributed by atoms with Crippen molar-refractivity contribution in [2.45, 2.75) is 46.1 Å². The van der Waals surface area contributed by atoms with Crippen molar-refractivity contribution < 1.29 is 23.4 Å². The summed E-state index contributed by atoms with van der Waals surface area (Å²) in [7, 11) is 6.00. The van der Waals surface area contributed by atoms with Crippen LogP contribution in [-0.2, 0) is 19.7 Å². The maximum Gasteiger partial charge on any atom is 0.315 e. The molecule has 3 aromatic rings. The highest BCUT2D eigenvalue weighted by atomic mass is 19.1. The fourth-order valence-electron chi connectivity index (χ4n) is 3.35. The van der Waals surface area contributed by atoms with Gasteiger partial charge >= 0.3 is 6.03 Å². The van der Waals surface area contributed by atoms with Gasteiger partial charge in [-0.2, -0.15) is 0 Å². The fraction of sp³-hybridized carbons (Fsp3) is 0.308. The summed E-state index contributed by atoms with van der Waals surface area (Å²) in [5, 5.41) is 15.0.